The number of carboxylic acids is 1. The highest BCUT2D eigenvalue weighted by Crippen LogP contribution is 2.43. The minimum absolute atomic E-state index is 0.0632. The van der Waals surface area contributed by atoms with E-state index in [1.165, 1.54) is 43.6 Å². The first-order chi connectivity index (χ1) is 13.7. The van der Waals surface area contributed by atoms with Gasteiger partial charge in [0.1, 0.15) is 5.00 Å². The van der Waals surface area contributed by atoms with E-state index in [-0.39, 0.29) is 6.03 Å². The minimum Gasteiger partial charge on any atom is -0.475 e. The maximum Gasteiger partial charge on any atom is 0.490 e. The van der Waals surface area contributed by atoms with E-state index in [2.05, 4.69) is 20.5 Å². The van der Waals surface area contributed by atoms with Gasteiger partial charge in [0.2, 0.25) is 0 Å². The Morgan fingerprint density at radius 3 is 2.31 bits per heavy atom. The van der Waals surface area contributed by atoms with Gasteiger partial charge in [-0.15, -0.1) is 11.3 Å². The summed E-state index contributed by atoms with van der Waals surface area (Å²) in [4.78, 5) is 28.0. The van der Waals surface area contributed by atoms with Crippen LogP contribution in [-0.4, -0.2) is 58.8 Å². The third-order valence-electron chi connectivity index (χ3n) is 5.16. The van der Waals surface area contributed by atoms with Crippen molar-refractivity contribution in [2.75, 3.05) is 25.0 Å². The lowest BCUT2D eigenvalue weighted by molar-refractivity contribution is -0.192. The number of urea groups is 1. The number of rotatable bonds is 5. The molecule has 3 fully saturated rings. The Morgan fingerprint density at radius 2 is 1.79 bits per heavy atom. The van der Waals surface area contributed by atoms with Crippen LogP contribution >= 0.6 is 11.3 Å². The quantitative estimate of drug-likeness (QED) is 0.658. The number of piperidine rings is 1. The molecule has 0 radical (unpaired) electrons. The lowest BCUT2D eigenvalue weighted by Gasteiger charge is -2.32. The van der Waals surface area contributed by atoms with Crippen molar-refractivity contribution in [1.82, 2.24) is 15.2 Å². The molecule has 1 aromatic heterocycles. The number of aromatic nitrogens is 1. The molecule has 0 unspecified atom stereocenters. The van der Waals surface area contributed by atoms with Gasteiger partial charge in [-0.05, 0) is 44.4 Å². The zero-order valence-corrected chi connectivity index (χ0v) is 16.7. The van der Waals surface area contributed by atoms with E-state index in [0.717, 1.165) is 42.5 Å². The number of aliphatic carboxylic acids is 1. The Bertz CT molecular complexity index is 711. The van der Waals surface area contributed by atoms with E-state index < -0.39 is 12.1 Å². The van der Waals surface area contributed by atoms with Crippen molar-refractivity contribution in [3.8, 4) is 0 Å². The summed E-state index contributed by atoms with van der Waals surface area (Å²) in [6.07, 6.45) is 2.30. The van der Waals surface area contributed by atoms with Crippen molar-refractivity contribution in [2.24, 2.45) is 5.92 Å². The Morgan fingerprint density at radius 1 is 1.17 bits per heavy atom. The topological polar surface area (TPSA) is 94.6 Å². The molecule has 3 aliphatic rings. The van der Waals surface area contributed by atoms with Gasteiger partial charge in [-0.1, -0.05) is 0 Å². The summed E-state index contributed by atoms with van der Waals surface area (Å²) in [5, 5.41) is 14.2. The Balaban J connectivity index is 0.000000298. The van der Waals surface area contributed by atoms with Crippen molar-refractivity contribution < 1.29 is 27.9 Å². The largest absolute Gasteiger partial charge is 0.490 e. The lowest BCUT2D eigenvalue weighted by Crippen LogP contribution is -2.46. The highest BCUT2D eigenvalue weighted by Gasteiger charge is 2.38. The molecule has 4 rings (SSSR count). The molecule has 1 saturated heterocycles. The lowest BCUT2D eigenvalue weighted by atomic mass is 10.1. The summed E-state index contributed by atoms with van der Waals surface area (Å²) >= 11 is 1.53. The first kappa shape index (κ1) is 21.8. The number of anilines is 1. The van der Waals surface area contributed by atoms with Crippen LogP contribution < -0.4 is 10.6 Å². The summed E-state index contributed by atoms with van der Waals surface area (Å²) in [7, 11) is 0. The van der Waals surface area contributed by atoms with Crippen LogP contribution in [0.3, 0.4) is 0 Å². The number of thiazole rings is 1. The molecular formula is C18H25F3N4O3S. The van der Waals surface area contributed by atoms with E-state index in [4.69, 9.17) is 9.90 Å². The van der Waals surface area contributed by atoms with Gasteiger partial charge < -0.3 is 15.3 Å². The third kappa shape index (κ3) is 7.14. The van der Waals surface area contributed by atoms with Crippen LogP contribution in [0, 0.1) is 5.92 Å². The van der Waals surface area contributed by atoms with E-state index in [1.54, 1.807) is 0 Å². The first-order valence-corrected chi connectivity index (χ1v) is 10.6. The molecule has 7 nitrogen and oxygen atoms in total. The van der Waals surface area contributed by atoms with E-state index in [0.29, 0.717) is 12.0 Å². The molecule has 11 heteroatoms. The summed E-state index contributed by atoms with van der Waals surface area (Å²) < 4.78 is 31.7. The molecule has 1 aliphatic heterocycles. The van der Waals surface area contributed by atoms with Crippen LogP contribution in [-0.2, 0) is 4.79 Å². The summed E-state index contributed by atoms with van der Waals surface area (Å²) in [5.74, 6) is -1.22. The number of carboxylic acid groups (broad SMARTS) is 1. The predicted molar refractivity (Wildman–Crippen MR) is 102 cm³/mol. The van der Waals surface area contributed by atoms with Crippen molar-refractivity contribution >= 4 is 28.3 Å². The number of halogens is 3. The monoisotopic (exact) mass is 434 g/mol. The van der Waals surface area contributed by atoms with Crippen molar-refractivity contribution in [3.63, 3.8) is 0 Å². The minimum atomic E-state index is -5.08. The Hall–Kier alpha value is -1.88. The number of alkyl halides is 3. The van der Waals surface area contributed by atoms with Crippen LogP contribution in [0.2, 0.25) is 0 Å². The van der Waals surface area contributed by atoms with Crippen LogP contribution in [0.25, 0.3) is 0 Å². The molecule has 0 spiro atoms. The van der Waals surface area contributed by atoms with Crippen LogP contribution in [0.15, 0.2) is 5.51 Å². The van der Waals surface area contributed by atoms with Crippen molar-refractivity contribution in [3.05, 3.63) is 11.2 Å². The van der Waals surface area contributed by atoms with Gasteiger partial charge in [0, 0.05) is 31.6 Å². The molecule has 1 aromatic rings. The predicted octanol–water partition coefficient (Wildman–Crippen LogP) is 3.65. The average Bonchev–Trinajstić information content (AvgIpc) is 3.58. The van der Waals surface area contributed by atoms with E-state index in [9.17, 15) is 18.0 Å². The number of carbonyl (C=O) groups is 2. The maximum absolute atomic E-state index is 12.2. The standard InChI is InChI=1S/C16H24N4OS.C2HF3O2/c21-16(19-15-14(12-3-4-12)17-10-22-15)18-13-5-7-20(8-6-13)9-11-1-2-11;3-2(4,5)1(6)7/h10-13H,1-9H2,(H2,18,19,21);(H,6,7). The van der Waals surface area contributed by atoms with Crippen LogP contribution in [0.4, 0.5) is 23.0 Å². The van der Waals surface area contributed by atoms with Crippen LogP contribution in [0.5, 0.6) is 0 Å². The van der Waals surface area contributed by atoms with Gasteiger partial charge in [-0.2, -0.15) is 13.2 Å². The molecule has 29 heavy (non-hydrogen) atoms. The summed E-state index contributed by atoms with van der Waals surface area (Å²) in [6.45, 7) is 3.51. The van der Waals surface area contributed by atoms with Crippen LogP contribution in [0.1, 0.15) is 50.1 Å². The van der Waals surface area contributed by atoms with Gasteiger partial charge in [-0.25, -0.2) is 14.6 Å². The zero-order chi connectivity index (χ0) is 21.0. The average molecular weight is 434 g/mol. The molecule has 162 valence electrons. The van der Waals surface area contributed by atoms with Gasteiger partial charge in [-0.3, -0.25) is 5.32 Å². The van der Waals surface area contributed by atoms with Crippen molar-refractivity contribution in [2.45, 2.75) is 56.7 Å². The number of hydrogen-bond donors (Lipinski definition) is 3. The summed E-state index contributed by atoms with van der Waals surface area (Å²) in [5.41, 5.74) is 2.92. The van der Waals surface area contributed by atoms with Gasteiger partial charge in [0.15, 0.2) is 0 Å². The number of nitrogens with zero attached hydrogens (tertiary/aromatic N) is 2. The fourth-order valence-corrected chi connectivity index (χ4v) is 4.01. The third-order valence-corrected chi connectivity index (χ3v) is 5.92. The van der Waals surface area contributed by atoms with Gasteiger partial charge in [0.25, 0.3) is 0 Å². The van der Waals surface area contributed by atoms with Crippen molar-refractivity contribution in [1.29, 1.82) is 0 Å². The second-order valence-corrected chi connectivity index (χ2v) is 8.62. The first-order valence-electron chi connectivity index (χ1n) is 9.75. The Labute approximate surface area is 170 Å². The highest BCUT2D eigenvalue weighted by molar-refractivity contribution is 7.14. The molecule has 2 heterocycles. The smallest absolute Gasteiger partial charge is 0.475 e. The molecule has 2 aliphatic carbocycles. The number of likely N-dealkylation sites (tertiary alicyclic amines) is 1. The molecule has 2 saturated carbocycles. The molecule has 2 amide bonds. The van der Waals surface area contributed by atoms with E-state index >= 15 is 0 Å². The highest BCUT2D eigenvalue weighted by atomic mass is 32.1. The second-order valence-electron chi connectivity index (χ2n) is 7.76. The van der Waals surface area contributed by atoms with Gasteiger partial charge >= 0.3 is 18.2 Å². The number of carbonyl (C=O) groups excluding carboxylic acids is 1. The SMILES string of the molecule is O=C(Nc1scnc1C1CC1)NC1CCN(CC2CC2)CC1.O=C(O)C(F)(F)F. The fraction of sp³-hybridized carbons (Fsp3) is 0.722. The number of hydrogen-bond acceptors (Lipinski definition) is 5. The zero-order valence-electron chi connectivity index (χ0n) is 15.9. The summed E-state index contributed by atoms with van der Waals surface area (Å²) in [6, 6.07) is 0.250. The second kappa shape index (κ2) is 9.29. The van der Waals surface area contributed by atoms with E-state index in [1.807, 2.05) is 5.51 Å². The van der Waals surface area contributed by atoms with Gasteiger partial charge in [0.05, 0.1) is 11.2 Å². The molecule has 0 aromatic carbocycles. The molecular weight excluding hydrogens is 409 g/mol. The fourth-order valence-electron chi connectivity index (χ4n) is 3.25. The molecule has 3 N–H and O–H groups in total. The normalized spacial score (nSPS) is 20.5. The Kier molecular flexibility index (Phi) is 6.99. The molecule has 0 atom stereocenters. The maximum atomic E-state index is 12.2. The number of nitrogens with one attached hydrogen (secondary N) is 2. The number of amides is 2. The molecule has 0 bridgehead atoms.